The van der Waals surface area contributed by atoms with E-state index >= 15 is 0 Å². The lowest BCUT2D eigenvalue weighted by Gasteiger charge is -2.27. The van der Waals surface area contributed by atoms with Crippen LogP contribution < -0.4 is 19.1 Å². The highest BCUT2D eigenvalue weighted by atomic mass is 16.7. The van der Waals surface area contributed by atoms with Crippen molar-refractivity contribution in [3.8, 4) is 17.2 Å². The standard InChI is InChI=1S/C24H25N3O4/c1-14(2)11-18-21-22(15-5-10-19-20(12-15)31-13-30-19)27(24(28)23(21)26(3)25-18)16-6-8-17(29-4)9-7-16/h5-10,12,14,22H,11,13H2,1-4H3. The highest BCUT2D eigenvalue weighted by Crippen LogP contribution is 2.46. The SMILES string of the molecule is COc1ccc(N2C(=O)c3c(c(CC(C)C)nn3C)C2c2ccc3c(c2)OCO3)cc1. The number of carbonyl (C=O) groups is 1. The normalized spacial score (nSPS) is 16.9. The number of carbonyl (C=O) groups excluding carboxylic acids is 1. The van der Waals surface area contributed by atoms with E-state index in [4.69, 9.17) is 19.3 Å². The summed E-state index contributed by atoms with van der Waals surface area (Å²) in [7, 11) is 3.47. The number of amides is 1. The van der Waals surface area contributed by atoms with Crippen molar-refractivity contribution in [1.29, 1.82) is 0 Å². The fourth-order valence-corrected chi connectivity index (χ4v) is 4.44. The van der Waals surface area contributed by atoms with E-state index in [0.29, 0.717) is 17.4 Å². The second kappa shape index (κ2) is 7.34. The van der Waals surface area contributed by atoms with Gasteiger partial charge in [-0.2, -0.15) is 5.10 Å². The number of ether oxygens (including phenoxy) is 3. The van der Waals surface area contributed by atoms with Gasteiger partial charge in [-0.15, -0.1) is 0 Å². The van der Waals surface area contributed by atoms with Crippen molar-refractivity contribution in [3.63, 3.8) is 0 Å². The molecule has 0 N–H and O–H groups in total. The first-order valence-electron chi connectivity index (χ1n) is 10.4. The summed E-state index contributed by atoms with van der Waals surface area (Å²) < 4.78 is 18.1. The lowest BCUT2D eigenvalue weighted by molar-refractivity contribution is 0.0984. The molecule has 0 bridgehead atoms. The zero-order valence-electron chi connectivity index (χ0n) is 18.1. The highest BCUT2D eigenvalue weighted by molar-refractivity contribution is 6.11. The van der Waals surface area contributed by atoms with Gasteiger partial charge in [0.1, 0.15) is 11.4 Å². The van der Waals surface area contributed by atoms with Gasteiger partial charge in [0.25, 0.3) is 5.91 Å². The molecule has 1 aromatic heterocycles. The molecule has 1 unspecified atom stereocenters. The Morgan fingerprint density at radius 2 is 1.87 bits per heavy atom. The van der Waals surface area contributed by atoms with Gasteiger partial charge in [0.2, 0.25) is 6.79 Å². The van der Waals surface area contributed by atoms with Crippen LogP contribution in [0.15, 0.2) is 42.5 Å². The number of methoxy groups -OCH3 is 1. The Kier molecular flexibility index (Phi) is 4.61. The zero-order chi connectivity index (χ0) is 21.7. The molecule has 2 aromatic carbocycles. The minimum atomic E-state index is -0.298. The molecule has 3 aromatic rings. The molecule has 160 valence electrons. The van der Waals surface area contributed by atoms with Crippen LogP contribution in [0.2, 0.25) is 0 Å². The number of fused-ring (bicyclic) bond motifs is 2. The highest BCUT2D eigenvalue weighted by Gasteiger charge is 2.44. The molecule has 0 aliphatic carbocycles. The van der Waals surface area contributed by atoms with Gasteiger partial charge in [-0.1, -0.05) is 19.9 Å². The largest absolute Gasteiger partial charge is 0.497 e. The number of benzene rings is 2. The van der Waals surface area contributed by atoms with Gasteiger partial charge in [-0.25, -0.2) is 0 Å². The first-order chi connectivity index (χ1) is 15.0. The van der Waals surface area contributed by atoms with Gasteiger partial charge in [-0.05, 0) is 54.3 Å². The fourth-order valence-electron chi connectivity index (χ4n) is 4.44. The predicted octanol–water partition coefficient (Wildman–Crippen LogP) is 4.11. The van der Waals surface area contributed by atoms with Gasteiger partial charge >= 0.3 is 0 Å². The number of nitrogens with zero attached hydrogens (tertiary/aromatic N) is 3. The summed E-state index contributed by atoms with van der Waals surface area (Å²) in [4.78, 5) is 15.5. The molecule has 0 radical (unpaired) electrons. The van der Waals surface area contributed by atoms with Crippen LogP contribution in [0, 0.1) is 5.92 Å². The van der Waals surface area contributed by atoms with Gasteiger partial charge in [0, 0.05) is 18.3 Å². The number of rotatable bonds is 5. The molecular formula is C24H25N3O4. The summed E-state index contributed by atoms with van der Waals surface area (Å²) in [5.41, 5.74) is 4.33. The van der Waals surface area contributed by atoms with E-state index in [9.17, 15) is 4.79 Å². The van der Waals surface area contributed by atoms with Crippen LogP contribution in [0.3, 0.4) is 0 Å². The molecule has 1 atom stereocenters. The fraction of sp³-hybridized carbons (Fsp3) is 0.333. The van der Waals surface area contributed by atoms with Crippen LogP contribution in [0.25, 0.3) is 0 Å². The van der Waals surface area contributed by atoms with Crippen molar-refractivity contribution in [2.75, 3.05) is 18.8 Å². The summed E-state index contributed by atoms with van der Waals surface area (Å²) in [6.45, 7) is 4.53. The molecule has 0 saturated heterocycles. The molecular weight excluding hydrogens is 394 g/mol. The van der Waals surface area contributed by atoms with E-state index in [2.05, 4.69) is 13.8 Å². The van der Waals surface area contributed by atoms with Crippen molar-refractivity contribution >= 4 is 11.6 Å². The molecule has 2 aliphatic rings. The van der Waals surface area contributed by atoms with Crippen molar-refractivity contribution < 1.29 is 19.0 Å². The van der Waals surface area contributed by atoms with E-state index in [1.807, 2.05) is 54.4 Å². The third kappa shape index (κ3) is 3.12. The number of aryl methyl sites for hydroxylation is 1. The van der Waals surface area contributed by atoms with Crippen LogP contribution in [-0.4, -0.2) is 29.6 Å². The zero-order valence-corrected chi connectivity index (χ0v) is 18.1. The maximum Gasteiger partial charge on any atom is 0.277 e. The molecule has 1 amide bonds. The lowest BCUT2D eigenvalue weighted by Crippen LogP contribution is -2.30. The number of hydrogen-bond acceptors (Lipinski definition) is 5. The monoisotopic (exact) mass is 419 g/mol. The summed E-state index contributed by atoms with van der Waals surface area (Å²) in [5, 5.41) is 4.72. The quantitative estimate of drug-likeness (QED) is 0.623. The second-order valence-corrected chi connectivity index (χ2v) is 8.32. The smallest absolute Gasteiger partial charge is 0.277 e. The average molecular weight is 419 g/mol. The first kappa shape index (κ1) is 19.5. The predicted molar refractivity (Wildman–Crippen MR) is 116 cm³/mol. The molecule has 5 rings (SSSR count). The minimum absolute atomic E-state index is 0.0622. The van der Waals surface area contributed by atoms with E-state index in [1.54, 1.807) is 11.8 Å². The summed E-state index contributed by atoms with van der Waals surface area (Å²) in [6, 6.07) is 13.2. The third-order valence-corrected chi connectivity index (χ3v) is 5.78. The Morgan fingerprint density at radius 3 is 2.58 bits per heavy atom. The van der Waals surface area contributed by atoms with E-state index in [-0.39, 0.29) is 18.7 Å². The van der Waals surface area contributed by atoms with Crippen molar-refractivity contribution in [1.82, 2.24) is 9.78 Å². The topological polar surface area (TPSA) is 65.8 Å². The number of aromatic nitrogens is 2. The van der Waals surface area contributed by atoms with Gasteiger partial charge in [-0.3, -0.25) is 14.4 Å². The molecule has 0 saturated carbocycles. The molecule has 7 heteroatoms. The average Bonchev–Trinajstić information content (AvgIpc) is 3.42. The molecule has 7 nitrogen and oxygen atoms in total. The van der Waals surface area contributed by atoms with E-state index in [0.717, 1.165) is 40.4 Å². The van der Waals surface area contributed by atoms with Gasteiger partial charge in [0.05, 0.1) is 18.8 Å². The van der Waals surface area contributed by atoms with Crippen LogP contribution >= 0.6 is 0 Å². The Balaban J connectivity index is 1.69. The van der Waals surface area contributed by atoms with E-state index < -0.39 is 0 Å². The van der Waals surface area contributed by atoms with Crippen LogP contribution in [0.5, 0.6) is 17.2 Å². The molecule has 2 aliphatic heterocycles. The van der Waals surface area contributed by atoms with Crippen LogP contribution in [0.4, 0.5) is 5.69 Å². The Morgan fingerprint density at radius 1 is 1.13 bits per heavy atom. The third-order valence-electron chi connectivity index (χ3n) is 5.78. The lowest BCUT2D eigenvalue weighted by atomic mass is 9.95. The summed E-state index contributed by atoms with van der Waals surface area (Å²) in [6.07, 6.45) is 0.800. The molecule has 0 fully saturated rings. The Hall–Kier alpha value is -3.48. The minimum Gasteiger partial charge on any atom is -0.497 e. The molecule has 31 heavy (non-hydrogen) atoms. The van der Waals surface area contributed by atoms with Crippen LogP contribution in [-0.2, 0) is 13.5 Å². The van der Waals surface area contributed by atoms with Crippen molar-refractivity contribution in [3.05, 3.63) is 65.0 Å². The summed E-state index contributed by atoms with van der Waals surface area (Å²) >= 11 is 0. The van der Waals surface area contributed by atoms with Crippen molar-refractivity contribution in [2.24, 2.45) is 13.0 Å². The number of anilines is 1. The maximum atomic E-state index is 13.7. The second-order valence-electron chi connectivity index (χ2n) is 8.32. The van der Waals surface area contributed by atoms with Crippen LogP contribution in [0.1, 0.15) is 47.2 Å². The van der Waals surface area contributed by atoms with Gasteiger partial charge < -0.3 is 14.2 Å². The number of hydrogen-bond donors (Lipinski definition) is 0. The van der Waals surface area contributed by atoms with Crippen molar-refractivity contribution in [2.45, 2.75) is 26.3 Å². The maximum absolute atomic E-state index is 13.7. The van der Waals surface area contributed by atoms with Gasteiger partial charge in [0.15, 0.2) is 11.5 Å². The Bertz CT molecular complexity index is 1150. The first-order valence-corrected chi connectivity index (χ1v) is 10.4. The Labute approximate surface area is 181 Å². The van der Waals surface area contributed by atoms with E-state index in [1.165, 1.54) is 0 Å². The summed E-state index contributed by atoms with van der Waals surface area (Å²) in [5.74, 6) is 2.52. The molecule has 0 spiro atoms. The molecule has 3 heterocycles.